The first kappa shape index (κ1) is 11.5. The van der Waals surface area contributed by atoms with Crippen LogP contribution in [0.25, 0.3) is 0 Å². The normalized spacial score (nSPS) is 15.1. The molecule has 1 rings (SSSR count). The van der Waals surface area contributed by atoms with Crippen LogP contribution in [0.15, 0.2) is 24.3 Å². The molecular weight excluding hydrogens is 198 g/mol. The molecule has 2 nitrogen and oxygen atoms in total. The standard InChI is InChI=1S/C11H16ClNO/c1-8(5-11(14)7-13)9-3-2-4-10(12)6-9/h2-4,6,8,11,14H,5,7,13H2,1H3. The van der Waals surface area contributed by atoms with Crippen molar-refractivity contribution in [2.75, 3.05) is 6.54 Å². The largest absolute Gasteiger partial charge is 0.392 e. The SMILES string of the molecule is CC(CC(O)CN)c1cccc(Cl)c1. The first-order chi connectivity index (χ1) is 6.63. The molecule has 0 saturated carbocycles. The van der Waals surface area contributed by atoms with Gasteiger partial charge in [-0.1, -0.05) is 30.7 Å². The van der Waals surface area contributed by atoms with E-state index in [0.29, 0.717) is 13.0 Å². The van der Waals surface area contributed by atoms with Gasteiger partial charge in [-0.05, 0) is 30.0 Å². The summed E-state index contributed by atoms with van der Waals surface area (Å²) in [5, 5.41) is 10.1. The van der Waals surface area contributed by atoms with Crippen LogP contribution in [-0.2, 0) is 0 Å². The third kappa shape index (κ3) is 3.29. The highest BCUT2D eigenvalue weighted by molar-refractivity contribution is 6.30. The van der Waals surface area contributed by atoms with Crippen molar-refractivity contribution >= 4 is 11.6 Å². The van der Waals surface area contributed by atoms with E-state index in [9.17, 15) is 5.11 Å². The Morgan fingerprint density at radius 3 is 2.79 bits per heavy atom. The van der Waals surface area contributed by atoms with E-state index < -0.39 is 6.10 Å². The highest BCUT2D eigenvalue weighted by Crippen LogP contribution is 2.22. The second kappa shape index (κ2) is 5.35. The molecule has 0 amide bonds. The molecule has 0 heterocycles. The van der Waals surface area contributed by atoms with E-state index in [1.165, 1.54) is 0 Å². The van der Waals surface area contributed by atoms with Crippen molar-refractivity contribution in [1.82, 2.24) is 0 Å². The Bertz CT molecular complexity index is 290. The lowest BCUT2D eigenvalue weighted by molar-refractivity contribution is 0.165. The molecule has 0 aromatic heterocycles. The Labute approximate surface area is 89.7 Å². The van der Waals surface area contributed by atoms with Gasteiger partial charge in [-0.15, -0.1) is 0 Å². The Kier molecular flexibility index (Phi) is 4.39. The van der Waals surface area contributed by atoms with Crippen LogP contribution < -0.4 is 5.73 Å². The van der Waals surface area contributed by atoms with Gasteiger partial charge < -0.3 is 10.8 Å². The molecule has 3 N–H and O–H groups in total. The highest BCUT2D eigenvalue weighted by atomic mass is 35.5. The average Bonchev–Trinajstić information content (AvgIpc) is 2.17. The number of nitrogens with two attached hydrogens (primary N) is 1. The first-order valence-electron chi connectivity index (χ1n) is 4.77. The van der Waals surface area contributed by atoms with Gasteiger partial charge in [0.25, 0.3) is 0 Å². The second-order valence-corrected chi connectivity index (χ2v) is 4.02. The molecule has 0 spiro atoms. The van der Waals surface area contributed by atoms with Crippen molar-refractivity contribution in [3.05, 3.63) is 34.9 Å². The highest BCUT2D eigenvalue weighted by Gasteiger charge is 2.10. The molecule has 2 unspecified atom stereocenters. The number of hydrogen-bond acceptors (Lipinski definition) is 2. The number of aliphatic hydroxyl groups excluding tert-OH is 1. The summed E-state index contributed by atoms with van der Waals surface area (Å²) in [6.45, 7) is 2.37. The van der Waals surface area contributed by atoms with Gasteiger partial charge in [0.1, 0.15) is 0 Å². The van der Waals surface area contributed by atoms with Crippen molar-refractivity contribution in [3.8, 4) is 0 Å². The van der Waals surface area contributed by atoms with Crippen molar-refractivity contribution < 1.29 is 5.11 Å². The first-order valence-corrected chi connectivity index (χ1v) is 5.15. The Morgan fingerprint density at radius 2 is 2.21 bits per heavy atom. The van der Waals surface area contributed by atoms with Crippen LogP contribution in [0.2, 0.25) is 5.02 Å². The van der Waals surface area contributed by atoms with E-state index in [1.807, 2.05) is 24.3 Å². The predicted molar refractivity (Wildman–Crippen MR) is 59.5 cm³/mol. The van der Waals surface area contributed by atoms with Crippen LogP contribution in [0.1, 0.15) is 24.8 Å². The fourth-order valence-electron chi connectivity index (χ4n) is 1.45. The van der Waals surface area contributed by atoms with E-state index >= 15 is 0 Å². The van der Waals surface area contributed by atoms with Gasteiger partial charge in [0.15, 0.2) is 0 Å². The number of halogens is 1. The Morgan fingerprint density at radius 1 is 1.50 bits per heavy atom. The third-order valence-electron chi connectivity index (χ3n) is 2.32. The number of hydrogen-bond donors (Lipinski definition) is 2. The summed E-state index contributed by atoms with van der Waals surface area (Å²) in [7, 11) is 0. The minimum Gasteiger partial charge on any atom is -0.392 e. The molecule has 0 aliphatic rings. The zero-order chi connectivity index (χ0) is 10.6. The maximum Gasteiger partial charge on any atom is 0.0668 e. The molecule has 0 fully saturated rings. The third-order valence-corrected chi connectivity index (χ3v) is 2.55. The molecule has 0 radical (unpaired) electrons. The average molecular weight is 214 g/mol. The van der Waals surface area contributed by atoms with Crippen LogP contribution in [0.3, 0.4) is 0 Å². The van der Waals surface area contributed by atoms with Gasteiger partial charge in [-0.2, -0.15) is 0 Å². The molecule has 0 bridgehead atoms. The molecule has 0 aliphatic heterocycles. The van der Waals surface area contributed by atoms with E-state index in [2.05, 4.69) is 6.92 Å². The summed E-state index contributed by atoms with van der Waals surface area (Å²) in [5.41, 5.74) is 6.50. The zero-order valence-electron chi connectivity index (χ0n) is 8.28. The van der Waals surface area contributed by atoms with Crippen LogP contribution in [0.4, 0.5) is 0 Å². The van der Waals surface area contributed by atoms with Crippen molar-refractivity contribution in [2.24, 2.45) is 5.73 Å². The summed E-state index contributed by atoms with van der Waals surface area (Å²) < 4.78 is 0. The van der Waals surface area contributed by atoms with Gasteiger partial charge in [-0.3, -0.25) is 0 Å². The summed E-state index contributed by atoms with van der Waals surface area (Å²) in [6, 6.07) is 7.70. The van der Waals surface area contributed by atoms with Crippen molar-refractivity contribution in [1.29, 1.82) is 0 Å². The topological polar surface area (TPSA) is 46.2 Å². The fourth-order valence-corrected chi connectivity index (χ4v) is 1.65. The van der Waals surface area contributed by atoms with Gasteiger partial charge >= 0.3 is 0 Å². The minimum absolute atomic E-state index is 0.284. The monoisotopic (exact) mass is 213 g/mol. The number of rotatable bonds is 4. The lowest BCUT2D eigenvalue weighted by atomic mass is 9.95. The van der Waals surface area contributed by atoms with Gasteiger partial charge in [0, 0.05) is 11.6 Å². The molecule has 1 aromatic carbocycles. The maximum absolute atomic E-state index is 9.40. The maximum atomic E-state index is 9.40. The molecular formula is C11H16ClNO. The van der Waals surface area contributed by atoms with E-state index in [0.717, 1.165) is 10.6 Å². The number of benzene rings is 1. The molecule has 78 valence electrons. The molecule has 0 aliphatic carbocycles. The Balaban J connectivity index is 2.64. The Hall–Kier alpha value is -0.570. The van der Waals surface area contributed by atoms with Crippen LogP contribution in [0, 0.1) is 0 Å². The van der Waals surface area contributed by atoms with Gasteiger partial charge in [0.2, 0.25) is 0 Å². The second-order valence-electron chi connectivity index (χ2n) is 3.58. The lowest BCUT2D eigenvalue weighted by Gasteiger charge is -2.15. The quantitative estimate of drug-likeness (QED) is 0.805. The van der Waals surface area contributed by atoms with Gasteiger partial charge in [0.05, 0.1) is 6.10 Å². The van der Waals surface area contributed by atoms with Crippen molar-refractivity contribution in [3.63, 3.8) is 0 Å². The molecule has 14 heavy (non-hydrogen) atoms. The van der Waals surface area contributed by atoms with E-state index in [-0.39, 0.29) is 5.92 Å². The minimum atomic E-state index is -0.427. The molecule has 1 aromatic rings. The summed E-state index contributed by atoms with van der Waals surface area (Å²) in [5.74, 6) is 0.284. The van der Waals surface area contributed by atoms with Crippen LogP contribution in [-0.4, -0.2) is 17.8 Å². The van der Waals surface area contributed by atoms with Crippen LogP contribution in [0.5, 0.6) is 0 Å². The molecule has 2 atom stereocenters. The van der Waals surface area contributed by atoms with E-state index in [4.69, 9.17) is 17.3 Å². The predicted octanol–water partition coefficient (Wildman–Crippen LogP) is 2.15. The lowest BCUT2D eigenvalue weighted by Crippen LogP contribution is -2.21. The summed E-state index contributed by atoms with van der Waals surface area (Å²) >= 11 is 5.87. The zero-order valence-corrected chi connectivity index (χ0v) is 9.04. The summed E-state index contributed by atoms with van der Waals surface area (Å²) in [6.07, 6.45) is 0.251. The fraction of sp³-hybridized carbons (Fsp3) is 0.455. The van der Waals surface area contributed by atoms with Gasteiger partial charge in [-0.25, -0.2) is 0 Å². The summed E-state index contributed by atoms with van der Waals surface area (Å²) in [4.78, 5) is 0. The number of aliphatic hydroxyl groups is 1. The van der Waals surface area contributed by atoms with Crippen molar-refractivity contribution in [2.45, 2.75) is 25.4 Å². The molecule has 0 saturated heterocycles. The van der Waals surface area contributed by atoms with E-state index in [1.54, 1.807) is 0 Å². The smallest absolute Gasteiger partial charge is 0.0668 e. The molecule has 3 heteroatoms. The van der Waals surface area contributed by atoms with Crippen LogP contribution >= 0.6 is 11.6 Å².